The minimum Gasteiger partial charge on any atom is -0.496 e. The Kier molecular flexibility index (Phi) is 2.72. The first-order valence-electron chi connectivity index (χ1n) is 4.58. The van der Waals surface area contributed by atoms with Crippen LogP contribution in [0.4, 0.5) is 4.39 Å². The van der Waals surface area contributed by atoms with Gasteiger partial charge in [-0.15, -0.1) is 20.4 Å². The Bertz CT molecular complexity index is 501. The van der Waals surface area contributed by atoms with E-state index in [0.29, 0.717) is 23.0 Å². The largest absolute Gasteiger partial charge is 0.496 e. The molecule has 82 valence electrons. The monoisotopic (exact) mass is 220 g/mol. The number of methoxy groups -OCH3 is 1. The summed E-state index contributed by atoms with van der Waals surface area (Å²) in [5, 5.41) is 15.3. The molecular formula is C10H9FN4O. The van der Waals surface area contributed by atoms with E-state index in [9.17, 15) is 4.39 Å². The number of nitrogens with zero attached hydrogens (tertiary/aromatic N) is 4. The zero-order valence-corrected chi connectivity index (χ0v) is 8.81. The Morgan fingerprint density at radius 2 is 1.81 bits per heavy atom. The van der Waals surface area contributed by atoms with Gasteiger partial charge in [0.15, 0.2) is 5.82 Å². The minimum absolute atomic E-state index is 0.308. The molecule has 0 N–H and O–H groups in total. The Morgan fingerprint density at radius 3 is 2.44 bits per heavy atom. The maximum absolute atomic E-state index is 13.0. The summed E-state index contributed by atoms with van der Waals surface area (Å²) in [6.07, 6.45) is 0. The fraction of sp³-hybridized carbons (Fsp3) is 0.200. The molecule has 0 aliphatic heterocycles. The molecule has 2 aromatic rings. The second-order valence-electron chi connectivity index (χ2n) is 3.12. The quantitative estimate of drug-likeness (QED) is 0.765. The normalized spacial score (nSPS) is 10.2. The van der Waals surface area contributed by atoms with Crippen LogP contribution in [0.15, 0.2) is 18.2 Å². The second kappa shape index (κ2) is 4.18. The highest BCUT2D eigenvalue weighted by molar-refractivity contribution is 5.63. The first kappa shape index (κ1) is 10.4. The van der Waals surface area contributed by atoms with Gasteiger partial charge in [0.1, 0.15) is 11.6 Å². The lowest BCUT2D eigenvalue weighted by Crippen LogP contribution is -2.00. The summed E-state index contributed by atoms with van der Waals surface area (Å²) in [6, 6.07) is 4.10. The van der Waals surface area contributed by atoms with Gasteiger partial charge in [0.2, 0.25) is 5.82 Å². The number of rotatable bonds is 2. The van der Waals surface area contributed by atoms with Gasteiger partial charge in [-0.05, 0) is 19.1 Å². The van der Waals surface area contributed by atoms with Gasteiger partial charge >= 0.3 is 0 Å². The number of halogens is 1. The summed E-state index contributed by atoms with van der Waals surface area (Å²) < 4.78 is 18.0. The van der Waals surface area contributed by atoms with Crippen LogP contribution in [0, 0.1) is 12.7 Å². The van der Waals surface area contributed by atoms with Gasteiger partial charge in [0.25, 0.3) is 0 Å². The van der Waals surface area contributed by atoms with Crippen LogP contribution in [0.1, 0.15) is 5.82 Å². The topological polar surface area (TPSA) is 60.8 Å². The van der Waals surface area contributed by atoms with Gasteiger partial charge in [0.05, 0.1) is 12.7 Å². The van der Waals surface area contributed by atoms with Crippen LogP contribution in [-0.4, -0.2) is 27.5 Å². The molecule has 6 heteroatoms. The van der Waals surface area contributed by atoms with E-state index in [-0.39, 0.29) is 5.82 Å². The van der Waals surface area contributed by atoms with E-state index >= 15 is 0 Å². The number of hydrogen-bond donors (Lipinski definition) is 0. The Morgan fingerprint density at radius 1 is 1.12 bits per heavy atom. The lowest BCUT2D eigenvalue weighted by molar-refractivity contribution is 0.412. The van der Waals surface area contributed by atoms with E-state index in [1.807, 2.05) is 0 Å². The van der Waals surface area contributed by atoms with Crippen LogP contribution < -0.4 is 4.74 Å². The Labute approximate surface area is 91.3 Å². The first-order valence-corrected chi connectivity index (χ1v) is 4.58. The van der Waals surface area contributed by atoms with E-state index in [0.717, 1.165) is 0 Å². The third-order valence-corrected chi connectivity index (χ3v) is 1.98. The molecule has 0 atom stereocenters. The predicted octanol–water partition coefficient (Wildman–Crippen LogP) is 1.39. The number of ether oxygens (including phenoxy) is 1. The highest BCUT2D eigenvalue weighted by Gasteiger charge is 2.10. The number of hydrogen-bond acceptors (Lipinski definition) is 5. The summed E-state index contributed by atoms with van der Waals surface area (Å²) in [6.45, 7) is 1.69. The molecule has 0 spiro atoms. The minimum atomic E-state index is -0.381. The smallest absolute Gasteiger partial charge is 0.207 e. The molecule has 0 radical (unpaired) electrons. The fourth-order valence-electron chi connectivity index (χ4n) is 1.24. The standard InChI is InChI=1S/C10H9FN4O/c1-6-12-14-10(15-13-6)8-4-3-7(11)5-9(8)16-2/h3-5H,1-2H3. The van der Waals surface area contributed by atoms with Crippen molar-refractivity contribution >= 4 is 0 Å². The maximum atomic E-state index is 13.0. The van der Waals surface area contributed by atoms with Gasteiger partial charge in [-0.3, -0.25) is 0 Å². The molecule has 0 saturated carbocycles. The summed E-state index contributed by atoms with van der Waals surface area (Å²) in [7, 11) is 1.45. The molecule has 0 unspecified atom stereocenters. The molecule has 1 aromatic heterocycles. The van der Waals surface area contributed by atoms with Gasteiger partial charge < -0.3 is 4.74 Å². The molecule has 0 amide bonds. The molecule has 16 heavy (non-hydrogen) atoms. The molecule has 0 aliphatic carbocycles. The molecular weight excluding hydrogens is 211 g/mol. The molecule has 0 bridgehead atoms. The van der Waals surface area contributed by atoms with Crippen LogP contribution in [-0.2, 0) is 0 Å². The number of aryl methyl sites for hydroxylation is 1. The van der Waals surface area contributed by atoms with Crippen molar-refractivity contribution in [1.82, 2.24) is 20.4 Å². The highest BCUT2D eigenvalue weighted by Crippen LogP contribution is 2.26. The zero-order valence-electron chi connectivity index (χ0n) is 8.81. The van der Waals surface area contributed by atoms with Crippen molar-refractivity contribution in [3.05, 3.63) is 29.8 Å². The van der Waals surface area contributed by atoms with Crippen LogP contribution in [0.2, 0.25) is 0 Å². The number of aromatic nitrogens is 4. The summed E-state index contributed by atoms with van der Waals surface area (Å²) in [5.74, 6) is 0.758. The molecule has 5 nitrogen and oxygen atoms in total. The fourth-order valence-corrected chi connectivity index (χ4v) is 1.24. The Hall–Kier alpha value is -2.11. The van der Waals surface area contributed by atoms with E-state index in [4.69, 9.17) is 4.74 Å². The first-order chi connectivity index (χ1) is 7.70. The van der Waals surface area contributed by atoms with Crippen molar-refractivity contribution in [2.45, 2.75) is 6.92 Å². The number of benzene rings is 1. The molecule has 0 aliphatic rings. The average molecular weight is 220 g/mol. The maximum Gasteiger partial charge on any atom is 0.207 e. The average Bonchev–Trinajstić information content (AvgIpc) is 2.30. The van der Waals surface area contributed by atoms with Crippen LogP contribution in [0.3, 0.4) is 0 Å². The summed E-state index contributed by atoms with van der Waals surface area (Å²) >= 11 is 0. The van der Waals surface area contributed by atoms with Gasteiger partial charge in [-0.1, -0.05) is 0 Å². The SMILES string of the molecule is COc1cc(F)ccc1-c1nnc(C)nn1. The van der Waals surface area contributed by atoms with E-state index < -0.39 is 0 Å². The lowest BCUT2D eigenvalue weighted by atomic mass is 10.2. The van der Waals surface area contributed by atoms with Crippen molar-refractivity contribution in [2.24, 2.45) is 0 Å². The van der Waals surface area contributed by atoms with Crippen molar-refractivity contribution in [3.63, 3.8) is 0 Å². The van der Waals surface area contributed by atoms with E-state index in [1.54, 1.807) is 6.92 Å². The summed E-state index contributed by atoms with van der Waals surface area (Å²) in [4.78, 5) is 0. The molecule has 0 saturated heterocycles. The van der Waals surface area contributed by atoms with E-state index in [1.165, 1.54) is 25.3 Å². The predicted molar refractivity (Wildman–Crippen MR) is 54.3 cm³/mol. The van der Waals surface area contributed by atoms with Crippen LogP contribution in [0.25, 0.3) is 11.4 Å². The van der Waals surface area contributed by atoms with Crippen LogP contribution >= 0.6 is 0 Å². The highest BCUT2D eigenvalue weighted by atomic mass is 19.1. The molecule has 1 aromatic carbocycles. The lowest BCUT2D eigenvalue weighted by Gasteiger charge is -2.05. The van der Waals surface area contributed by atoms with Crippen LogP contribution in [0.5, 0.6) is 5.75 Å². The second-order valence-corrected chi connectivity index (χ2v) is 3.12. The third kappa shape index (κ3) is 1.95. The molecule has 1 heterocycles. The van der Waals surface area contributed by atoms with Gasteiger partial charge in [-0.2, -0.15) is 0 Å². The van der Waals surface area contributed by atoms with Crippen molar-refractivity contribution < 1.29 is 9.13 Å². The van der Waals surface area contributed by atoms with Crippen molar-refractivity contribution in [1.29, 1.82) is 0 Å². The molecule has 2 rings (SSSR count). The zero-order chi connectivity index (χ0) is 11.5. The Balaban J connectivity index is 2.51. The van der Waals surface area contributed by atoms with E-state index in [2.05, 4.69) is 20.4 Å². The third-order valence-electron chi connectivity index (χ3n) is 1.98. The summed E-state index contributed by atoms with van der Waals surface area (Å²) in [5.41, 5.74) is 0.559. The molecule has 0 fully saturated rings. The van der Waals surface area contributed by atoms with Gasteiger partial charge in [0, 0.05) is 6.07 Å². The van der Waals surface area contributed by atoms with Crippen molar-refractivity contribution in [2.75, 3.05) is 7.11 Å². The van der Waals surface area contributed by atoms with Crippen molar-refractivity contribution in [3.8, 4) is 17.1 Å². The van der Waals surface area contributed by atoms with Gasteiger partial charge in [-0.25, -0.2) is 4.39 Å².